The molecule has 0 bridgehead atoms. The number of hydrogen-bond donors (Lipinski definition) is 0. The Hall–Kier alpha value is -3.05. The van der Waals surface area contributed by atoms with E-state index >= 15 is 0 Å². The zero-order chi connectivity index (χ0) is 19.2. The number of benzene rings is 3. The molecular formula is C22H15BrO4. The second kappa shape index (κ2) is 8.56. The zero-order valence-corrected chi connectivity index (χ0v) is 15.8. The molecule has 3 rings (SSSR count). The molecule has 0 saturated heterocycles. The van der Waals surface area contributed by atoms with Crippen molar-refractivity contribution < 1.29 is 19.1 Å². The Morgan fingerprint density at radius 3 is 1.81 bits per heavy atom. The van der Waals surface area contributed by atoms with Gasteiger partial charge in [0.05, 0.1) is 5.56 Å². The fourth-order valence-electron chi connectivity index (χ4n) is 2.45. The largest absolute Gasteiger partial charge is 0.454 e. The molecule has 3 aromatic rings. The number of hydrogen-bond acceptors (Lipinski definition) is 4. The van der Waals surface area contributed by atoms with Crippen LogP contribution in [-0.4, -0.2) is 24.1 Å². The van der Waals surface area contributed by atoms with Crippen LogP contribution in [0.3, 0.4) is 0 Å². The van der Waals surface area contributed by atoms with Crippen molar-refractivity contribution in [1.29, 1.82) is 0 Å². The van der Waals surface area contributed by atoms with Crippen LogP contribution in [0.4, 0.5) is 0 Å². The van der Waals surface area contributed by atoms with E-state index < -0.39 is 5.97 Å². The lowest BCUT2D eigenvalue weighted by molar-refractivity contribution is 0.0474. The van der Waals surface area contributed by atoms with Crippen molar-refractivity contribution in [2.75, 3.05) is 6.61 Å². The van der Waals surface area contributed by atoms with Gasteiger partial charge >= 0.3 is 5.97 Å². The van der Waals surface area contributed by atoms with Gasteiger partial charge in [-0.2, -0.15) is 0 Å². The summed E-state index contributed by atoms with van der Waals surface area (Å²) in [5.41, 5.74) is 1.80. The zero-order valence-electron chi connectivity index (χ0n) is 14.2. The first-order valence-corrected chi connectivity index (χ1v) is 8.99. The van der Waals surface area contributed by atoms with Crippen LogP contribution in [0.2, 0.25) is 0 Å². The van der Waals surface area contributed by atoms with Crippen molar-refractivity contribution in [2.24, 2.45) is 0 Å². The summed E-state index contributed by atoms with van der Waals surface area (Å²) in [4.78, 5) is 36.5. The minimum absolute atomic E-state index is 0.124. The Bertz CT molecular complexity index is 961. The maximum absolute atomic E-state index is 12.4. The Morgan fingerprint density at radius 1 is 0.667 bits per heavy atom. The van der Waals surface area contributed by atoms with E-state index in [1.54, 1.807) is 60.7 Å². The molecule has 0 N–H and O–H groups in total. The molecule has 0 amide bonds. The highest BCUT2D eigenvalue weighted by molar-refractivity contribution is 9.10. The normalized spacial score (nSPS) is 10.3. The predicted octanol–water partition coefficient (Wildman–Crippen LogP) is 4.72. The average Bonchev–Trinajstić information content (AvgIpc) is 2.72. The number of esters is 1. The van der Waals surface area contributed by atoms with Crippen LogP contribution >= 0.6 is 15.9 Å². The third kappa shape index (κ3) is 4.77. The van der Waals surface area contributed by atoms with E-state index in [0.29, 0.717) is 16.7 Å². The van der Waals surface area contributed by atoms with E-state index in [4.69, 9.17) is 4.74 Å². The van der Waals surface area contributed by atoms with E-state index in [1.165, 1.54) is 12.1 Å². The van der Waals surface area contributed by atoms with Crippen LogP contribution in [0, 0.1) is 0 Å². The first kappa shape index (κ1) is 18.7. The van der Waals surface area contributed by atoms with Crippen LogP contribution in [0.25, 0.3) is 0 Å². The van der Waals surface area contributed by atoms with Gasteiger partial charge in [0.2, 0.25) is 0 Å². The van der Waals surface area contributed by atoms with Gasteiger partial charge < -0.3 is 4.74 Å². The summed E-state index contributed by atoms with van der Waals surface area (Å²) in [6.07, 6.45) is 0. The predicted molar refractivity (Wildman–Crippen MR) is 105 cm³/mol. The summed E-state index contributed by atoms with van der Waals surface area (Å²) in [5.74, 6) is -1.02. The summed E-state index contributed by atoms with van der Waals surface area (Å²) in [7, 11) is 0. The fraction of sp³-hybridized carbons (Fsp3) is 0.0455. The van der Waals surface area contributed by atoms with Crippen molar-refractivity contribution in [1.82, 2.24) is 0 Å². The van der Waals surface area contributed by atoms with Gasteiger partial charge in [0.1, 0.15) is 0 Å². The van der Waals surface area contributed by atoms with Crippen molar-refractivity contribution in [3.8, 4) is 0 Å². The molecule has 0 spiro atoms. The molecule has 134 valence electrons. The van der Waals surface area contributed by atoms with E-state index in [9.17, 15) is 14.4 Å². The Morgan fingerprint density at radius 2 is 1.19 bits per heavy atom. The molecule has 5 heteroatoms. The van der Waals surface area contributed by atoms with Crippen molar-refractivity contribution in [2.45, 2.75) is 0 Å². The first-order valence-electron chi connectivity index (χ1n) is 8.20. The van der Waals surface area contributed by atoms with Crippen LogP contribution in [0.1, 0.15) is 36.6 Å². The molecule has 0 unspecified atom stereocenters. The molecule has 3 aromatic carbocycles. The van der Waals surface area contributed by atoms with Crippen molar-refractivity contribution >= 4 is 33.5 Å². The molecule has 0 aliphatic carbocycles. The standard InChI is InChI=1S/C22H15BrO4/c23-19-12-10-15(11-13-19)20(24)14-27-22(26)18-8-6-17(7-9-18)21(25)16-4-2-1-3-5-16/h1-13H,14H2. The number of Topliss-reactive ketones (excluding diaryl/α,β-unsaturated/α-hetero) is 1. The molecule has 4 nitrogen and oxygen atoms in total. The highest BCUT2D eigenvalue weighted by atomic mass is 79.9. The summed E-state index contributed by atoms with van der Waals surface area (Å²) in [6, 6.07) is 21.9. The third-order valence-electron chi connectivity index (χ3n) is 3.92. The first-order chi connectivity index (χ1) is 13.0. The molecule has 0 fully saturated rings. The summed E-state index contributed by atoms with van der Waals surface area (Å²) in [5, 5.41) is 0. The van der Waals surface area contributed by atoms with E-state index in [2.05, 4.69) is 15.9 Å². The van der Waals surface area contributed by atoms with Crippen LogP contribution < -0.4 is 0 Å². The van der Waals surface area contributed by atoms with Gasteiger partial charge in [0.25, 0.3) is 0 Å². The van der Waals surface area contributed by atoms with Gasteiger partial charge in [-0.1, -0.05) is 70.5 Å². The molecule has 0 aliphatic heterocycles. The molecule has 27 heavy (non-hydrogen) atoms. The van der Waals surface area contributed by atoms with Crippen LogP contribution in [0.15, 0.2) is 83.3 Å². The number of rotatable bonds is 6. The van der Waals surface area contributed by atoms with Crippen molar-refractivity contribution in [3.63, 3.8) is 0 Å². The van der Waals surface area contributed by atoms with Gasteiger partial charge in [-0.25, -0.2) is 4.79 Å². The van der Waals surface area contributed by atoms with Crippen LogP contribution in [-0.2, 0) is 4.74 Å². The Kier molecular flexibility index (Phi) is 5.94. The number of ether oxygens (including phenoxy) is 1. The van der Waals surface area contributed by atoms with E-state index in [-0.39, 0.29) is 23.7 Å². The average molecular weight is 423 g/mol. The monoisotopic (exact) mass is 422 g/mol. The van der Waals surface area contributed by atoms with E-state index in [1.807, 2.05) is 6.07 Å². The number of halogens is 1. The fourth-order valence-corrected chi connectivity index (χ4v) is 2.71. The van der Waals surface area contributed by atoms with Gasteiger partial charge in [0, 0.05) is 21.2 Å². The lowest BCUT2D eigenvalue weighted by Gasteiger charge is -2.06. The smallest absolute Gasteiger partial charge is 0.338 e. The van der Waals surface area contributed by atoms with Crippen molar-refractivity contribution in [3.05, 3.63) is 106 Å². The quantitative estimate of drug-likeness (QED) is 0.425. The maximum atomic E-state index is 12.4. The minimum Gasteiger partial charge on any atom is -0.454 e. The highest BCUT2D eigenvalue weighted by Gasteiger charge is 2.13. The highest BCUT2D eigenvalue weighted by Crippen LogP contribution is 2.13. The topological polar surface area (TPSA) is 60.4 Å². The van der Waals surface area contributed by atoms with Gasteiger partial charge in [-0.15, -0.1) is 0 Å². The SMILES string of the molecule is O=C(COC(=O)c1ccc(C(=O)c2ccccc2)cc1)c1ccc(Br)cc1. The third-order valence-corrected chi connectivity index (χ3v) is 4.45. The second-order valence-corrected chi connectivity index (χ2v) is 6.69. The van der Waals surface area contributed by atoms with Crippen LogP contribution in [0.5, 0.6) is 0 Å². The Labute approximate surface area is 164 Å². The van der Waals surface area contributed by atoms with Gasteiger partial charge in [-0.3, -0.25) is 9.59 Å². The molecule has 0 aromatic heterocycles. The lowest BCUT2D eigenvalue weighted by Crippen LogP contribution is -2.14. The number of ketones is 2. The summed E-state index contributed by atoms with van der Waals surface area (Å²) >= 11 is 3.30. The molecular weight excluding hydrogens is 408 g/mol. The Balaban J connectivity index is 1.61. The summed E-state index contributed by atoms with van der Waals surface area (Å²) < 4.78 is 5.94. The maximum Gasteiger partial charge on any atom is 0.338 e. The van der Waals surface area contributed by atoms with Gasteiger partial charge in [0.15, 0.2) is 18.2 Å². The molecule has 0 saturated carbocycles. The minimum atomic E-state index is -0.612. The molecule has 0 radical (unpaired) electrons. The molecule has 0 atom stereocenters. The van der Waals surface area contributed by atoms with Gasteiger partial charge in [-0.05, 0) is 24.3 Å². The number of carbonyl (C=O) groups excluding carboxylic acids is 3. The lowest BCUT2D eigenvalue weighted by atomic mass is 10.0. The summed E-state index contributed by atoms with van der Waals surface area (Å²) in [6.45, 7) is -0.342. The molecule has 0 heterocycles. The number of carbonyl (C=O) groups is 3. The molecule has 0 aliphatic rings. The van der Waals surface area contributed by atoms with E-state index in [0.717, 1.165) is 4.47 Å². The second-order valence-electron chi connectivity index (χ2n) is 5.78.